The summed E-state index contributed by atoms with van der Waals surface area (Å²) < 4.78 is 16.5. The van der Waals surface area contributed by atoms with Gasteiger partial charge in [-0.25, -0.2) is 0 Å². The van der Waals surface area contributed by atoms with Crippen LogP contribution in [0.15, 0.2) is 34.7 Å². The SMILES string of the molecule is CO[C@@H](C(=O)N1CCO[C@@H](c2nnc(C)o2)C1)c1ccccc1. The van der Waals surface area contributed by atoms with Gasteiger partial charge < -0.3 is 18.8 Å². The zero-order chi connectivity index (χ0) is 16.2. The Labute approximate surface area is 134 Å². The number of carbonyl (C=O) groups is 1. The average molecular weight is 317 g/mol. The number of hydrogen-bond acceptors (Lipinski definition) is 6. The van der Waals surface area contributed by atoms with E-state index in [0.29, 0.717) is 31.5 Å². The van der Waals surface area contributed by atoms with Gasteiger partial charge in [-0.3, -0.25) is 4.79 Å². The van der Waals surface area contributed by atoms with Gasteiger partial charge in [0.25, 0.3) is 5.91 Å². The molecule has 1 amide bonds. The van der Waals surface area contributed by atoms with Gasteiger partial charge in [-0.05, 0) is 5.56 Å². The first-order valence-electron chi connectivity index (χ1n) is 7.47. The quantitative estimate of drug-likeness (QED) is 0.853. The molecule has 0 bridgehead atoms. The Morgan fingerprint density at radius 3 is 2.78 bits per heavy atom. The summed E-state index contributed by atoms with van der Waals surface area (Å²) in [7, 11) is 1.54. The summed E-state index contributed by atoms with van der Waals surface area (Å²) in [5.74, 6) is 0.781. The number of hydrogen-bond donors (Lipinski definition) is 0. The van der Waals surface area contributed by atoms with Crippen LogP contribution in [0.1, 0.15) is 29.6 Å². The molecule has 7 heteroatoms. The van der Waals surface area contributed by atoms with Crippen molar-refractivity contribution in [1.29, 1.82) is 0 Å². The minimum absolute atomic E-state index is 0.0942. The lowest BCUT2D eigenvalue weighted by Crippen LogP contribution is -2.44. The van der Waals surface area contributed by atoms with Crippen molar-refractivity contribution in [1.82, 2.24) is 15.1 Å². The highest BCUT2D eigenvalue weighted by Crippen LogP contribution is 2.25. The molecule has 23 heavy (non-hydrogen) atoms. The molecule has 2 heterocycles. The molecule has 2 atom stereocenters. The first kappa shape index (κ1) is 15.6. The molecule has 0 radical (unpaired) electrons. The van der Waals surface area contributed by atoms with E-state index in [1.165, 1.54) is 7.11 Å². The summed E-state index contributed by atoms with van der Waals surface area (Å²) >= 11 is 0. The van der Waals surface area contributed by atoms with Crippen molar-refractivity contribution in [2.75, 3.05) is 26.8 Å². The zero-order valence-electron chi connectivity index (χ0n) is 13.1. The number of morpholine rings is 1. The highest BCUT2D eigenvalue weighted by molar-refractivity contribution is 5.82. The van der Waals surface area contributed by atoms with Crippen LogP contribution < -0.4 is 0 Å². The highest BCUT2D eigenvalue weighted by atomic mass is 16.5. The van der Waals surface area contributed by atoms with Gasteiger partial charge in [-0.15, -0.1) is 10.2 Å². The van der Waals surface area contributed by atoms with Crippen molar-refractivity contribution in [3.8, 4) is 0 Å². The Morgan fingerprint density at radius 2 is 2.13 bits per heavy atom. The smallest absolute Gasteiger partial charge is 0.256 e. The number of benzene rings is 1. The summed E-state index contributed by atoms with van der Waals surface area (Å²) in [5, 5.41) is 7.78. The molecule has 0 aliphatic carbocycles. The molecule has 1 saturated heterocycles. The van der Waals surface area contributed by atoms with Crippen molar-refractivity contribution >= 4 is 5.91 Å². The number of ether oxygens (including phenoxy) is 2. The summed E-state index contributed by atoms with van der Waals surface area (Å²) in [6.45, 7) is 3.02. The second kappa shape index (κ2) is 6.89. The molecule has 1 aliphatic heterocycles. The van der Waals surface area contributed by atoms with Gasteiger partial charge in [0.2, 0.25) is 11.8 Å². The standard InChI is InChI=1S/C16H19N3O4/c1-11-17-18-15(23-11)13-10-19(8-9-22-13)16(20)14(21-2)12-6-4-3-5-7-12/h3-7,13-14H,8-10H2,1-2H3/t13-,14-/m1/s1. The Kier molecular flexibility index (Phi) is 4.68. The van der Waals surface area contributed by atoms with Crippen molar-refractivity contribution in [2.45, 2.75) is 19.1 Å². The van der Waals surface area contributed by atoms with E-state index >= 15 is 0 Å². The molecular formula is C16H19N3O4. The summed E-state index contributed by atoms with van der Waals surface area (Å²) in [6, 6.07) is 9.44. The molecule has 0 unspecified atom stereocenters. The van der Waals surface area contributed by atoms with Crippen LogP contribution in [0.5, 0.6) is 0 Å². The van der Waals surface area contributed by atoms with Crippen molar-refractivity contribution in [3.63, 3.8) is 0 Å². The van der Waals surface area contributed by atoms with E-state index in [9.17, 15) is 4.79 Å². The normalized spacial score (nSPS) is 19.6. The molecule has 1 aromatic heterocycles. The number of aryl methyl sites for hydroxylation is 1. The predicted octanol–water partition coefficient (Wildman–Crippen LogP) is 1.67. The van der Waals surface area contributed by atoms with Crippen LogP contribution in [0.25, 0.3) is 0 Å². The van der Waals surface area contributed by atoms with Crippen molar-refractivity contribution < 1.29 is 18.7 Å². The molecule has 122 valence electrons. The average Bonchev–Trinajstić information content (AvgIpc) is 3.03. The first-order valence-corrected chi connectivity index (χ1v) is 7.47. The number of carbonyl (C=O) groups excluding carboxylic acids is 1. The monoisotopic (exact) mass is 317 g/mol. The van der Waals surface area contributed by atoms with Gasteiger partial charge >= 0.3 is 0 Å². The minimum Gasteiger partial charge on any atom is -0.423 e. The van der Waals surface area contributed by atoms with Gasteiger partial charge in [-0.1, -0.05) is 30.3 Å². The fraction of sp³-hybridized carbons (Fsp3) is 0.438. The van der Waals surface area contributed by atoms with Crippen LogP contribution in [0.2, 0.25) is 0 Å². The number of rotatable bonds is 4. The third-order valence-corrected chi connectivity index (χ3v) is 3.76. The second-order valence-corrected chi connectivity index (χ2v) is 5.33. The molecule has 2 aromatic rings. The van der Waals surface area contributed by atoms with Crippen molar-refractivity contribution in [2.24, 2.45) is 0 Å². The molecular weight excluding hydrogens is 298 g/mol. The number of aromatic nitrogens is 2. The lowest BCUT2D eigenvalue weighted by molar-refractivity contribution is -0.150. The van der Waals surface area contributed by atoms with Gasteiger partial charge in [-0.2, -0.15) is 0 Å². The van der Waals surface area contributed by atoms with Crippen LogP contribution in [0.3, 0.4) is 0 Å². The van der Waals surface area contributed by atoms with Gasteiger partial charge in [0, 0.05) is 20.6 Å². The highest BCUT2D eigenvalue weighted by Gasteiger charge is 2.33. The maximum Gasteiger partial charge on any atom is 0.256 e. The summed E-state index contributed by atoms with van der Waals surface area (Å²) in [4.78, 5) is 14.5. The minimum atomic E-state index is -0.626. The van der Waals surface area contributed by atoms with E-state index in [1.54, 1.807) is 11.8 Å². The molecule has 1 aromatic carbocycles. The van der Waals surface area contributed by atoms with E-state index in [4.69, 9.17) is 13.9 Å². The molecule has 1 aliphatic rings. The lowest BCUT2D eigenvalue weighted by atomic mass is 10.1. The molecule has 1 fully saturated rings. The number of amides is 1. The number of methoxy groups -OCH3 is 1. The summed E-state index contributed by atoms with van der Waals surface area (Å²) in [5.41, 5.74) is 0.830. The van der Waals surface area contributed by atoms with E-state index in [-0.39, 0.29) is 5.91 Å². The van der Waals surface area contributed by atoms with Crippen LogP contribution in [-0.2, 0) is 14.3 Å². The van der Waals surface area contributed by atoms with Gasteiger partial charge in [0.15, 0.2) is 12.2 Å². The van der Waals surface area contributed by atoms with Crippen molar-refractivity contribution in [3.05, 3.63) is 47.7 Å². The predicted molar refractivity (Wildman–Crippen MR) is 80.5 cm³/mol. The van der Waals surface area contributed by atoms with E-state index < -0.39 is 12.2 Å². The van der Waals surface area contributed by atoms with Crippen LogP contribution in [0.4, 0.5) is 0 Å². The maximum absolute atomic E-state index is 12.8. The lowest BCUT2D eigenvalue weighted by Gasteiger charge is -2.33. The Balaban J connectivity index is 1.73. The largest absolute Gasteiger partial charge is 0.423 e. The second-order valence-electron chi connectivity index (χ2n) is 5.33. The molecule has 0 spiro atoms. The Hall–Kier alpha value is -2.25. The summed E-state index contributed by atoms with van der Waals surface area (Å²) in [6.07, 6.45) is -1.03. The molecule has 0 saturated carbocycles. The first-order chi connectivity index (χ1) is 11.2. The maximum atomic E-state index is 12.8. The van der Waals surface area contributed by atoms with E-state index in [0.717, 1.165) is 5.56 Å². The molecule has 7 nitrogen and oxygen atoms in total. The van der Waals surface area contributed by atoms with Gasteiger partial charge in [0.1, 0.15) is 0 Å². The van der Waals surface area contributed by atoms with Gasteiger partial charge in [0.05, 0.1) is 13.2 Å². The Bertz CT molecular complexity index is 658. The molecule has 0 N–H and O–H groups in total. The Morgan fingerprint density at radius 1 is 1.35 bits per heavy atom. The van der Waals surface area contributed by atoms with Crippen LogP contribution in [-0.4, -0.2) is 47.8 Å². The van der Waals surface area contributed by atoms with Crippen LogP contribution in [0, 0.1) is 6.92 Å². The zero-order valence-corrected chi connectivity index (χ0v) is 13.1. The third kappa shape index (κ3) is 3.40. The third-order valence-electron chi connectivity index (χ3n) is 3.76. The number of nitrogens with zero attached hydrogens (tertiary/aromatic N) is 3. The fourth-order valence-corrected chi connectivity index (χ4v) is 2.61. The topological polar surface area (TPSA) is 77.7 Å². The van der Waals surface area contributed by atoms with E-state index in [1.807, 2.05) is 30.3 Å². The van der Waals surface area contributed by atoms with E-state index in [2.05, 4.69) is 10.2 Å². The molecule has 3 rings (SSSR count). The van der Waals surface area contributed by atoms with Crippen LogP contribution >= 0.6 is 0 Å². The fourth-order valence-electron chi connectivity index (χ4n) is 2.61.